The van der Waals surface area contributed by atoms with Crippen molar-refractivity contribution >= 4 is 23.2 Å². The molecule has 130 valence electrons. The van der Waals surface area contributed by atoms with E-state index >= 15 is 0 Å². The molecule has 0 bridgehead atoms. The zero-order chi connectivity index (χ0) is 17.8. The summed E-state index contributed by atoms with van der Waals surface area (Å²) in [6.07, 6.45) is 5.40. The standard InChI is InChI=1S/C20H18Cl2O3/c21-15-7-8-19(22)18(12-15)14-4-2-6-17(11-14)25-16-5-1-3-13(9-16)10-20(23)24/h1-9,12,14,20,23-24H,10-11H2. The summed E-state index contributed by atoms with van der Waals surface area (Å²) < 4.78 is 5.97. The predicted molar refractivity (Wildman–Crippen MR) is 100 cm³/mol. The number of hydrogen-bond acceptors (Lipinski definition) is 3. The molecule has 0 saturated carbocycles. The summed E-state index contributed by atoms with van der Waals surface area (Å²) in [5.41, 5.74) is 1.77. The smallest absolute Gasteiger partial charge is 0.155 e. The molecule has 0 fully saturated rings. The minimum atomic E-state index is -1.37. The fraction of sp³-hybridized carbons (Fsp3) is 0.200. The van der Waals surface area contributed by atoms with Crippen molar-refractivity contribution in [2.24, 2.45) is 0 Å². The Balaban J connectivity index is 1.73. The van der Waals surface area contributed by atoms with Crippen LogP contribution in [-0.4, -0.2) is 16.5 Å². The third-order valence-corrected chi connectivity index (χ3v) is 4.55. The summed E-state index contributed by atoms with van der Waals surface area (Å²) in [4.78, 5) is 0. The predicted octanol–water partition coefficient (Wildman–Crippen LogP) is 4.85. The Labute approximate surface area is 156 Å². The molecular formula is C20H18Cl2O3. The second-order valence-electron chi connectivity index (χ2n) is 5.93. The molecule has 1 aliphatic rings. The first kappa shape index (κ1) is 18.0. The molecule has 25 heavy (non-hydrogen) atoms. The van der Waals surface area contributed by atoms with Crippen molar-refractivity contribution in [3.05, 3.63) is 87.6 Å². The number of benzene rings is 2. The van der Waals surface area contributed by atoms with Crippen LogP contribution in [0.1, 0.15) is 23.5 Å². The van der Waals surface area contributed by atoms with Crippen LogP contribution in [0.3, 0.4) is 0 Å². The second kappa shape index (κ2) is 8.07. The van der Waals surface area contributed by atoms with Crippen molar-refractivity contribution in [3.63, 3.8) is 0 Å². The number of ether oxygens (including phenoxy) is 1. The van der Waals surface area contributed by atoms with Gasteiger partial charge in [0.15, 0.2) is 6.29 Å². The molecule has 0 radical (unpaired) electrons. The third-order valence-electron chi connectivity index (χ3n) is 3.97. The van der Waals surface area contributed by atoms with Crippen LogP contribution in [0.2, 0.25) is 10.0 Å². The molecule has 0 aromatic heterocycles. The van der Waals surface area contributed by atoms with E-state index in [1.807, 2.05) is 36.4 Å². The maximum absolute atomic E-state index is 9.10. The fourth-order valence-corrected chi connectivity index (χ4v) is 3.27. The van der Waals surface area contributed by atoms with Crippen molar-refractivity contribution in [2.75, 3.05) is 0 Å². The quantitative estimate of drug-likeness (QED) is 0.733. The van der Waals surface area contributed by atoms with Crippen molar-refractivity contribution < 1.29 is 14.9 Å². The van der Waals surface area contributed by atoms with Crippen LogP contribution in [0.4, 0.5) is 0 Å². The largest absolute Gasteiger partial charge is 0.462 e. The number of allylic oxidation sites excluding steroid dienone is 4. The van der Waals surface area contributed by atoms with Gasteiger partial charge >= 0.3 is 0 Å². The molecular weight excluding hydrogens is 359 g/mol. The van der Waals surface area contributed by atoms with Gasteiger partial charge in [-0.2, -0.15) is 0 Å². The number of halogens is 2. The van der Waals surface area contributed by atoms with Crippen molar-refractivity contribution in [1.29, 1.82) is 0 Å². The first-order chi connectivity index (χ1) is 12.0. The Bertz CT molecular complexity index is 812. The highest BCUT2D eigenvalue weighted by Crippen LogP contribution is 2.35. The molecule has 2 N–H and O–H groups in total. The Morgan fingerprint density at radius 3 is 2.76 bits per heavy atom. The maximum Gasteiger partial charge on any atom is 0.155 e. The molecule has 3 rings (SSSR count). The lowest BCUT2D eigenvalue weighted by molar-refractivity contribution is -0.0381. The zero-order valence-corrected chi connectivity index (χ0v) is 14.9. The van der Waals surface area contributed by atoms with E-state index in [1.165, 1.54) is 0 Å². The van der Waals surface area contributed by atoms with E-state index in [-0.39, 0.29) is 12.3 Å². The van der Waals surface area contributed by atoms with Gasteiger partial charge in [0, 0.05) is 28.8 Å². The maximum atomic E-state index is 9.10. The van der Waals surface area contributed by atoms with E-state index in [0.717, 1.165) is 16.9 Å². The van der Waals surface area contributed by atoms with Crippen LogP contribution in [-0.2, 0) is 6.42 Å². The summed E-state index contributed by atoms with van der Waals surface area (Å²) in [7, 11) is 0. The Morgan fingerprint density at radius 2 is 1.96 bits per heavy atom. The van der Waals surface area contributed by atoms with Crippen LogP contribution >= 0.6 is 23.2 Å². The van der Waals surface area contributed by atoms with Crippen LogP contribution in [0.15, 0.2) is 66.5 Å². The van der Waals surface area contributed by atoms with Gasteiger partial charge in [-0.25, -0.2) is 0 Å². The fourth-order valence-electron chi connectivity index (χ4n) is 2.84. The van der Waals surface area contributed by atoms with Gasteiger partial charge in [0.1, 0.15) is 11.5 Å². The monoisotopic (exact) mass is 376 g/mol. The molecule has 0 aliphatic heterocycles. The van der Waals surface area contributed by atoms with Gasteiger partial charge < -0.3 is 14.9 Å². The molecule has 0 saturated heterocycles. The molecule has 0 amide bonds. The van der Waals surface area contributed by atoms with Gasteiger partial charge in [0.2, 0.25) is 0 Å². The SMILES string of the molecule is OC(O)Cc1cccc(OC2=CC=CC(c3cc(Cl)ccc3Cl)C2)c1. The van der Waals surface area contributed by atoms with Gasteiger partial charge in [-0.05, 0) is 47.5 Å². The van der Waals surface area contributed by atoms with E-state index < -0.39 is 6.29 Å². The molecule has 0 spiro atoms. The number of aliphatic hydroxyl groups excluding tert-OH is 1. The third kappa shape index (κ3) is 4.86. The van der Waals surface area contributed by atoms with Gasteiger partial charge in [0.25, 0.3) is 0 Å². The van der Waals surface area contributed by atoms with Crippen molar-refractivity contribution in [2.45, 2.75) is 25.0 Å². The average Bonchev–Trinajstić information content (AvgIpc) is 2.57. The lowest BCUT2D eigenvalue weighted by Crippen LogP contribution is -2.09. The van der Waals surface area contributed by atoms with Crippen LogP contribution in [0.25, 0.3) is 0 Å². The summed E-state index contributed by atoms with van der Waals surface area (Å²) in [6.45, 7) is 0. The summed E-state index contributed by atoms with van der Waals surface area (Å²) in [5.74, 6) is 1.56. The summed E-state index contributed by atoms with van der Waals surface area (Å²) in [5, 5.41) is 19.5. The van der Waals surface area contributed by atoms with Crippen molar-refractivity contribution in [1.82, 2.24) is 0 Å². The Morgan fingerprint density at radius 1 is 1.12 bits per heavy atom. The Hall–Kier alpha value is -1.78. The molecule has 3 nitrogen and oxygen atoms in total. The first-order valence-corrected chi connectivity index (χ1v) is 8.72. The number of hydrogen-bond donors (Lipinski definition) is 2. The van der Waals surface area contributed by atoms with E-state index in [1.54, 1.807) is 18.2 Å². The van der Waals surface area contributed by atoms with E-state index in [4.69, 9.17) is 38.2 Å². The number of rotatable bonds is 5. The highest BCUT2D eigenvalue weighted by atomic mass is 35.5. The Kier molecular flexibility index (Phi) is 5.82. The number of aliphatic hydroxyl groups is 2. The molecule has 5 heteroatoms. The topological polar surface area (TPSA) is 49.7 Å². The highest BCUT2D eigenvalue weighted by Gasteiger charge is 2.18. The van der Waals surface area contributed by atoms with Crippen LogP contribution < -0.4 is 4.74 Å². The lowest BCUT2D eigenvalue weighted by Gasteiger charge is -2.20. The second-order valence-corrected chi connectivity index (χ2v) is 6.77. The molecule has 0 heterocycles. The van der Waals surface area contributed by atoms with E-state index in [9.17, 15) is 0 Å². The molecule has 1 aliphatic carbocycles. The highest BCUT2D eigenvalue weighted by molar-refractivity contribution is 6.33. The van der Waals surface area contributed by atoms with E-state index in [2.05, 4.69) is 6.08 Å². The summed E-state index contributed by atoms with van der Waals surface area (Å²) >= 11 is 12.4. The molecule has 1 unspecified atom stereocenters. The van der Waals surface area contributed by atoms with Gasteiger partial charge in [-0.3, -0.25) is 0 Å². The van der Waals surface area contributed by atoms with Gasteiger partial charge in [0.05, 0.1) is 0 Å². The molecule has 2 aromatic carbocycles. The average molecular weight is 377 g/mol. The minimum absolute atomic E-state index is 0.0913. The van der Waals surface area contributed by atoms with Crippen LogP contribution in [0, 0.1) is 0 Å². The van der Waals surface area contributed by atoms with E-state index in [0.29, 0.717) is 22.2 Å². The zero-order valence-electron chi connectivity index (χ0n) is 13.4. The van der Waals surface area contributed by atoms with Gasteiger partial charge in [-0.15, -0.1) is 0 Å². The normalized spacial score (nSPS) is 16.8. The van der Waals surface area contributed by atoms with Gasteiger partial charge in [-0.1, -0.05) is 47.5 Å². The van der Waals surface area contributed by atoms with Crippen LogP contribution in [0.5, 0.6) is 5.75 Å². The molecule has 2 aromatic rings. The minimum Gasteiger partial charge on any atom is -0.462 e. The summed E-state index contributed by atoms with van der Waals surface area (Å²) in [6, 6.07) is 12.8. The lowest BCUT2D eigenvalue weighted by atomic mass is 9.91. The molecule has 1 atom stereocenters. The van der Waals surface area contributed by atoms with Crippen molar-refractivity contribution in [3.8, 4) is 5.75 Å². The first-order valence-electron chi connectivity index (χ1n) is 7.96.